The van der Waals surface area contributed by atoms with Crippen molar-refractivity contribution in [2.45, 2.75) is 32.4 Å². The van der Waals surface area contributed by atoms with E-state index >= 15 is 0 Å². The third-order valence-electron chi connectivity index (χ3n) is 4.26. The minimum Gasteiger partial charge on any atom is -0.338 e. The van der Waals surface area contributed by atoms with Crippen molar-refractivity contribution in [3.63, 3.8) is 0 Å². The van der Waals surface area contributed by atoms with Gasteiger partial charge in [0.05, 0.1) is 0 Å². The van der Waals surface area contributed by atoms with Gasteiger partial charge in [-0.15, -0.1) is 17.5 Å². The topological polar surface area (TPSA) is 75.9 Å². The van der Waals surface area contributed by atoms with Crippen molar-refractivity contribution in [2.75, 3.05) is 19.6 Å². The molecule has 1 aliphatic rings. The predicted octanol–water partition coefficient (Wildman–Crippen LogP) is 1.15. The van der Waals surface area contributed by atoms with Crippen molar-refractivity contribution in [1.82, 2.24) is 30.4 Å². The number of tetrazole rings is 1. The minimum atomic E-state index is -0.532. The van der Waals surface area contributed by atoms with E-state index in [9.17, 15) is 9.18 Å². The van der Waals surface area contributed by atoms with Gasteiger partial charge < -0.3 is 10.2 Å². The summed E-state index contributed by atoms with van der Waals surface area (Å²) in [5.74, 6) is 0.276. The standard InChI is InChI=1S/C16H21FN6O.ClH/c1-11-10-22(8-7-18-11)16(24)15(23-12(2)19-20-21-23)9-13-3-5-14(17)6-4-13;/h3-6,11,15,18H,7-10H2,1-2H3;1H. The number of hydrogen-bond donors (Lipinski definition) is 1. The van der Waals surface area contributed by atoms with Gasteiger partial charge in [0.15, 0.2) is 0 Å². The Morgan fingerprint density at radius 2 is 2.12 bits per heavy atom. The van der Waals surface area contributed by atoms with E-state index in [0.717, 1.165) is 12.1 Å². The average Bonchev–Trinajstić information content (AvgIpc) is 2.99. The highest BCUT2D eigenvalue weighted by atomic mass is 35.5. The molecule has 0 bridgehead atoms. The van der Waals surface area contributed by atoms with Crippen LogP contribution in [0.15, 0.2) is 24.3 Å². The first-order valence-corrected chi connectivity index (χ1v) is 8.05. The SMILES string of the molecule is Cc1nnnn1C(Cc1ccc(F)cc1)C(=O)N1CCNC(C)C1.Cl. The summed E-state index contributed by atoms with van der Waals surface area (Å²) in [6, 6.07) is 5.90. The van der Waals surface area contributed by atoms with Crippen molar-refractivity contribution >= 4 is 18.3 Å². The summed E-state index contributed by atoms with van der Waals surface area (Å²) in [4.78, 5) is 14.9. The van der Waals surface area contributed by atoms with Crippen LogP contribution in [0.5, 0.6) is 0 Å². The molecule has 2 aromatic rings. The molecule has 1 fully saturated rings. The Kier molecular flexibility index (Phi) is 6.44. The average molecular weight is 369 g/mol. The molecule has 1 aromatic heterocycles. The third-order valence-corrected chi connectivity index (χ3v) is 4.26. The number of amides is 1. The van der Waals surface area contributed by atoms with E-state index in [-0.39, 0.29) is 30.2 Å². The zero-order chi connectivity index (χ0) is 17.1. The monoisotopic (exact) mass is 368 g/mol. The van der Waals surface area contributed by atoms with Crippen molar-refractivity contribution in [2.24, 2.45) is 0 Å². The summed E-state index contributed by atoms with van der Waals surface area (Å²) in [6.45, 7) is 5.90. The number of aromatic nitrogens is 4. The van der Waals surface area contributed by atoms with Crippen LogP contribution in [0.4, 0.5) is 4.39 Å². The molecule has 2 heterocycles. The van der Waals surface area contributed by atoms with E-state index in [2.05, 4.69) is 27.8 Å². The Bertz CT molecular complexity index is 707. The Morgan fingerprint density at radius 3 is 2.72 bits per heavy atom. The first kappa shape index (κ1) is 19.3. The van der Waals surface area contributed by atoms with E-state index in [0.29, 0.717) is 25.3 Å². The molecule has 2 atom stereocenters. The van der Waals surface area contributed by atoms with Crippen LogP contribution in [-0.2, 0) is 11.2 Å². The lowest BCUT2D eigenvalue weighted by atomic mass is 10.0. The highest BCUT2D eigenvalue weighted by Gasteiger charge is 2.30. The van der Waals surface area contributed by atoms with Crippen LogP contribution in [0.2, 0.25) is 0 Å². The Hall–Kier alpha value is -2.06. The smallest absolute Gasteiger partial charge is 0.248 e. The quantitative estimate of drug-likeness (QED) is 0.876. The number of piperazine rings is 1. The Labute approximate surface area is 152 Å². The molecule has 0 saturated carbocycles. The number of nitrogens with one attached hydrogen (secondary N) is 1. The lowest BCUT2D eigenvalue weighted by Crippen LogP contribution is -2.53. The normalized spacial score (nSPS) is 18.5. The Balaban J connectivity index is 0.00000225. The molecule has 3 rings (SSSR count). The number of benzene rings is 1. The molecule has 25 heavy (non-hydrogen) atoms. The summed E-state index contributed by atoms with van der Waals surface area (Å²) < 4.78 is 14.7. The summed E-state index contributed by atoms with van der Waals surface area (Å²) in [5, 5.41) is 14.9. The van der Waals surface area contributed by atoms with E-state index in [4.69, 9.17) is 0 Å². The van der Waals surface area contributed by atoms with Crippen LogP contribution in [0.25, 0.3) is 0 Å². The van der Waals surface area contributed by atoms with E-state index in [1.54, 1.807) is 23.7 Å². The number of hydrogen-bond acceptors (Lipinski definition) is 5. The fourth-order valence-corrected chi connectivity index (χ4v) is 2.99. The highest BCUT2D eigenvalue weighted by molar-refractivity contribution is 5.85. The van der Waals surface area contributed by atoms with Gasteiger partial charge in [-0.25, -0.2) is 9.07 Å². The molecule has 0 spiro atoms. The lowest BCUT2D eigenvalue weighted by molar-refractivity contribution is -0.136. The van der Waals surface area contributed by atoms with Gasteiger partial charge in [-0.3, -0.25) is 4.79 Å². The van der Waals surface area contributed by atoms with Crippen LogP contribution in [0, 0.1) is 12.7 Å². The molecule has 136 valence electrons. The van der Waals surface area contributed by atoms with Crippen LogP contribution < -0.4 is 5.32 Å². The summed E-state index contributed by atoms with van der Waals surface area (Å²) in [5.41, 5.74) is 0.868. The van der Waals surface area contributed by atoms with Crippen molar-refractivity contribution in [3.8, 4) is 0 Å². The first-order chi connectivity index (χ1) is 11.5. The van der Waals surface area contributed by atoms with E-state index < -0.39 is 6.04 Å². The summed E-state index contributed by atoms with van der Waals surface area (Å²) in [6.07, 6.45) is 0.420. The van der Waals surface area contributed by atoms with Gasteiger partial charge in [0, 0.05) is 32.1 Å². The molecule has 7 nitrogen and oxygen atoms in total. The predicted molar refractivity (Wildman–Crippen MR) is 93.0 cm³/mol. The zero-order valence-corrected chi connectivity index (χ0v) is 15.0. The van der Waals surface area contributed by atoms with Crippen LogP contribution in [0.1, 0.15) is 24.4 Å². The summed E-state index contributed by atoms with van der Waals surface area (Å²) >= 11 is 0. The Morgan fingerprint density at radius 1 is 1.40 bits per heavy atom. The van der Waals surface area contributed by atoms with Gasteiger partial charge >= 0.3 is 0 Å². The maximum Gasteiger partial charge on any atom is 0.248 e. The second-order valence-corrected chi connectivity index (χ2v) is 6.16. The molecular formula is C16H22ClFN6O. The second kappa shape index (κ2) is 8.35. The maximum absolute atomic E-state index is 13.1. The van der Waals surface area contributed by atoms with Gasteiger partial charge in [0.25, 0.3) is 0 Å². The summed E-state index contributed by atoms with van der Waals surface area (Å²) in [7, 11) is 0. The molecule has 9 heteroatoms. The fraction of sp³-hybridized carbons (Fsp3) is 0.500. The van der Waals surface area contributed by atoms with Crippen molar-refractivity contribution < 1.29 is 9.18 Å². The van der Waals surface area contributed by atoms with Crippen molar-refractivity contribution in [1.29, 1.82) is 0 Å². The van der Waals surface area contributed by atoms with Gasteiger partial charge in [0.2, 0.25) is 5.91 Å². The van der Waals surface area contributed by atoms with Crippen molar-refractivity contribution in [3.05, 3.63) is 41.5 Å². The number of carbonyl (C=O) groups is 1. The lowest BCUT2D eigenvalue weighted by Gasteiger charge is -2.34. The third kappa shape index (κ3) is 4.52. The number of nitrogens with zero attached hydrogens (tertiary/aromatic N) is 5. The van der Waals surface area contributed by atoms with Gasteiger partial charge in [-0.1, -0.05) is 12.1 Å². The molecule has 1 aromatic carbocycles. The van der Waals surface area contributed by atoms with E-state index in [1.807, 2.05) is 4.90 Å². The molecule has 1 saturated heterocycles. The maximum atomic E-state index is 13.1. The zero-order valence-electron chi connectivity index (χ0n) is 14.2. The number of halogens is 2. The van der Waals surface area contributed by atoms with Crippen LogP contribution in [-0.4, -0.2) is 56.7 Å². The molecular weight excluding hydrogens is 347 g/mol. The van der Waals surface area contributed by atoms with Gasteiger partial charge in [0.1, 0.15) is 17.7 Å². The van der Waals surface area contributed by atoms with Gasteiger partial charge in [-0.2, -0.15) is 0 Å². The largest absolute Gasteiger partial charge is 0.338 e. The molecule has 0 aliphatic carbocycles. The molecule has 1 aliphatic heterocycles. The highest BCUT2D eigenvalue weighted by Crippen LogP contribution is 2.19. The van der Waals surface area contributed by atoms with Gasteiger partial charge in [-0.05, 0) is 42.0 Å². The molecule has 1 amide bonds. The number of aryl methyl sites for hydroxylation is 1. The van der Waals surface area contributed by atoms with E-state index in [1.165, 1.54) is 12.1 Å². The molecule has 2 unspecified atom stereocenters. The second-order valence-electron chi connectivity index (χ2n) is 6.16. The molecule has 1 N–H and O–H groups in total. The van der Waals surface area contributed by atoms with Crippen LogP contribution in [0.3, 0.4) is 0 Å². The minimum absolute atomic E-state index is 0. The first-order valence-electron chi connectivity index (χ1n) is 8.05. The number of carbonyl (C=O) groups excluding carboxylic acids is 1. The number of rotatable bonds is 4. The molecule has 0 radical (unpaired) electrons. The fourth-order valence-electron chi connectivity index (χ4n) is 2.99. The van der Waals surface area contributed by atoms with Crippen LogP contribution >= 0.6 is 12.4 Å².